The van der Waals surface area contributed by atoms with Gasteiger partial charge in [-0.15, -0.1) is 0 Å². The van der Waals surface area contributed by atoms with E-state index in [9.17, 15) is 9.90 Å². The number of carbonyl (C=O) groups excluding carboxylic acids is 1. The highest BCUT2D eigenvalue weighted by atomic mass is 16.5. The van der Waals surface area contributed by atoms with Gasteiger partial charge in [0.1, 0.15) is 6.10 Å². The first-order valence-electron chi connectivity index (χ1n) is 12.0. The molecule has 2 fully saturated rings. The van der Waals surface area contributed by atoms with Crippen LogP contribution in [-0.4, -0.2) is 22.8 Å². The number of fused-ring (bicyclic) bond motifs is 1. The zero-order valence-electron chi connectivity index (χ0n) is 19.9. The Labute approximate surface area is 188 Å². The molecule has 3 nitrogen and oxygen atoms in total. The first-order valence-corrected chi connectivity index (χ1v) is 12.0. The molecule has 3 heteroatoms. The molecule has 3 atom stereocenters. The summed E-state index contributed by atoms with van der Waals surface area (Å²) in [6.07, 6.45) is 20.7. The molecule has 170 valence electrons. The summed E-state index contributed by atoms with van der Waals surface area (Å²) in [4.78, 5) is 11.4. The van der Waals surface area contributed by atoms with Crippen molar-refractivity contribution in [2.24, 2.45) is 11.3 Å². The zero-order chi connectivity index (χ0) is 22.6. The maximum atomic E-state index is 11.4. The maximum absolute atomic E-state index is 11.4. The number of rotatable bonds is 6. The normalized spacial score (nSPS) is 31.9. The van der Waals surface area contributed by atoms with Crippen LogP contribution in [0.3, 0.4) is 0 Å². The van der Waals surface area contributed by atoms with Crippen molar-refractivity contribution < 1.29 is 14.6 Å². The smallest absolute Gasteiger partial charge is 0.303 e. The first kappa shape index (κ1) is 23.8. The molecule has 0 aliphatic heterocycles. The Morgan fingerprint density at radius 2 is 2.10 bits per heavy atom. The highest BCUT2D eigenvalue weighted by Crippen LogP contribution is 2.55. The van der Waals surface area contributed by atoms with Crippen LogP contribution in [0.5, 0.6) is 0 Å². The summed E-state index contributed by atoms with van der Waals surface area (Å²) in [7, 11) is 0. The molecule has 0 radical (unpaired) electrons. The van der Waals surface area contributed by atoms with E-state index in [-0.39, 0.29) is 17.5 Å². The van der Waals surface area contributed by atoms with Gasteiger partial charge >= 0.3 is 5.97 Å². The third kappa shape index (κ3) is 5.88. The second-order valence-corrected chi connectivity index (χ2v) is 10.3. The molecule has 2 saturated carbocycles. The molecule has 3 unspecified atom stereocenters. The highest BCUT2D eigenvalue weighted by Gasteiger charge is 2.44. The van der Waals surface area contributed by atoms with Crippen LogP contribution in [-0.2, 0) is 9.53 Å². The molecule has 0 heterocycles. The van der Waals surface area contributed by atoms with Crippen LogP contribution in [0.4, 0.5) is 0 Å². The summed E-state index contributed by atoms with van der Waals surface area (Å²) in [6, 6.07) is 0. The standard InChI is InChI=1S/C28H40O3/c1-20-22(10-8-13-26(20)31-21(2)29)14-15-23-11-9-19-28(5)24(16-17-25(23)28)12-6-7-18-27(3,4)30/h7,14-16,18,25-26,30H,1,6,8-13,17,19H2,2-5H3/b18-7+,22-14-,23-15+. The van der Waals surface area contributed by atoms with Crippen LogP contribution in [0.2, 0.25) is 0 Å². The van der Waals surface area contributed by atoms with Gasteiger partial charge in [0.15, 0.2) is 0 Å². The summed E-state index contributed by atoms with van der Waals surface area (Å²) in [5, 5.41) is 9.88. The van der Waals surface area contributed by atoms with Gasteiger partial charge in [0.05, 0.1) is 5.60 Å². The third-order valence-electron chi connectivity index (χ3n) is 7.34. The van der Waals surface area contributed by atoms with Gasteiger partial charge in [-0.2, -0.15) is 0 Å². The van der Waals surface area contributed by atoms with E-state index in [1.54, 1.807) is 11.1 Å². The van der Waals surface area contributed by atoms with Crippen molar-refractivity contribution in [3.05, 3.63) is 59.3 Å². The molecule has 0 aromatic rings. The fraction of sp³-hybridized carbons (Fsp3) is 0.607. The molecule has 0 spiro atoms. The Balaban J connectivity index is 1.68. The maximum Gasteiger partial charge on any atom is 0.303 e. The average Bonchev–Trinajstić information content (AvgIpc) is 3.01. The molecule has 3 aliphatic rings. The van der Waals surface area contributed by atoms with Gasteiger partial charge in [-0.3, -0.25) is 4.79 Å². The predicted molar refractivity (Wildman–Crippen MR) is 128 cm³/mol. The fourth-order valence-electron chi connectivity index (χ4n) is 5.65. The summed E-state index contributed by atoms with van der Waals surface area (Å²) in [5.41, 5.74) is 4.88. The summed E-state index contributed by atoms with van der Waals surface area (Å²) < 4.78 is 5.46. The van der Waals surface area contributed by atoms with E-state index < -0.39 is 5.60 Å². The van der Waals surface area contributed by atoms with Crippen molar-refractivity contribution in [3.8, 4) is 0 Å². The minimum absolute atomic E-state index is 0.163. The van der Waals surface area contributed by atoms with E-state index in [1.165, 1.54) is 31.8 Å². The van der Waals surface area contributed by atoms with Gasteiger partial charge < -0.3 is 9.84 Å². The molecule has 31 heavy (non-hydrogen) atoms. The second kappa shape index (κ2) is 9.73. The van der Waals surface area contributed by atoms with E-state index in [0.29, 0.717) is 5.92 Å². The summed E-state index contributed by atoms with van der Waals surface area (Å²) in [6.45, 7) is 11.8. The Kier molecular flexibility index (Phi) is 7.47. The van der Waals surface area contributed by atoms with Crippen LogP contribution in [0, 0.1) is 11.3 Å². The van der Waals surface area contributed by atoms with Crippen LogP contribution in [0.15, 0.2) is 59.3 Å². The number of carbonyl (C=O) groups is 1. The quantitative estimate of drug-likeness (QED) is 0.379. The van der Waals surface area contributed by atoms with Crippen molar-refractivity contribution in [1.29, 1.82) is 0 Å². The van der Waals surface area contributed by atoms with Crippen LogP contribution in [0.25, 0.3) is 0 Å². The summed E-state index contributed by atoms with van der Waals surface area (Å²) in [5.74, 6) is 0.364. The lowest BCUT2D eigenvalue weighted by Gasteiger charge is -2.41. The number of allylic oxidation sites excluding steroid dienone is 6. The molecule has 0 aromatic heterocycles. The number of hydrogen-bond donors (Lipinski definition) is 1. The van der Waals surface area contributed by atoms with E-state index in [4.69, 9.17) is 4.74 Å². The van der Waals surface area contributed by atoms with Crippen molar-refractivity contribution in [1.82, 2.24) is 0 Å². The van der Waals surface area contributed by atoms with Crippen molar-refractivity contribution >= 4 is 5.97 Å². The van der Waals surface area contributed by atoms with Gasteiger partial charge in [-0.05, 0) is 94.1 Å². The SMILES string of the molecule is C=C1/C(=C\C=C2/CCCC3(C)C(CC/C=C/C(C)(C)O)=CCC23)CCCC1OC(C)=O. The molecule has 0 amide bonds. The van der Waals surface area contributed by atoms with Gasteiger partial charge in [0.25, 0.3) is 0 Å². The molecule has 0 bridgehead atoms. The fourth-order valence-corrected chi connectivity index (χ4v) is 5.65. The third-order valence-corrected chi connectivity index (χ3v) is 7.34. The predicted octanol–water partition coefficient (Wildman–Crippen LogP) is 6.75. The average molecular weight is 425 g/mol. The lowest BCUT2D eigenvalue weighted by atomic mass is 9.63. The van der Waals surface area contributed by atoms with Crippen LogP contribution < -0.4 is 0 Å². The number of esters is 1. The number of ether oxygens (including phenoxy) is 1. The van der Waals surface area contributed by atoms with Crippen LogP contribution in [0.1, 0.15) is 85.5 Å². The van der Waals surface area contributed by atoms with E-state index in [2.05, 4.69) is 37.8 Å². The minimum atomic E-state index is -0.734. The largest absolute Gasteiger partial charge is 0.458 e. The Morgan fingerprint density at radius 1 is 1.32 bits per heavy atom. The van der Waals surface area contributed by atoms with Gasteiger partial charge in [-0.1, -0.05) is 55.0 Å². The zero-order valence-corrected chi connectivity index (χ0v) is 19.9. The monoisotopic (exact) mass is 424 g/mol. The van der Waals surface area contributed by atoms with E-state index >= 15 is 0 Å². The van der Waals surface area contributed by atoms with Crippen LogP contribution >= 0.6 is 0 Å². The molecule has 3 rings (SSSR count). The highest BCUT2D eigenvalue weighted by molar-refractivity contribution is 5.66. The molecule has 1 N–H and O–H groups in total. The molecule has 0 aromatic carbocycles. The Hall–Kier alpha value is -1.87. The molecular formula is C28H40O3. The van der Waals surface area contributed by atoms with Crippen molar-refractivity contribution in [2.75, 3.05) is 0 Å². The summed E-state index contributed by atoms with van der Waals surface area (Å²) >= 11 is 0. The number of hydrogen-bond acceptors (Lipinski definition) is 3. The second-order valence-electron chi connectivity index (χ2n) is 10.3. The minimum Gasteiger partial charge on any atom is -0.458 e. The Bertz CT molecular complexity index is 818. The van der Waals surface area contributed by atoms with Crippen molar-refractivity contribution in [3.63, 3.8) is 0 Å². The lowest BCUT2D eigenvalue weighted by molar-refractivity contribution is -0.145. The lowest BCUT2D eigenvalue weighted by Crippen LogP contribution is -2.30. The van der Waals surface area contributed by atoms with E-state index in [0.717, 1.165) is 44.1 Å². The van der Waals surface area contributed by atoms with E-state index in [1.807, 2.05) is 19.9 Å². The van der Waals surface area contributed by atoms with Gasteiger partial charge in [-0.25, -0.2) is 0 Å². The first-order chi connectivity index (χ1) is 14.6. The molecule has 3 aliphatic carbocycles. The van der Waals surface area contributed by atoms with Crippen molar-refractivity contribution in [2.45, 2.75) is 97.2 Å². The van der Waals surface area contributed by atoms with Gasteiger partial charge in [0.2, 0.25) is 0 Å². The van der Waals surface area contributed by atoms with Gasteiger partial charge in [0, 0.05) is 6.92 Å². The Morgan fingerprint density at radius 3 is 2.81 bits per heavy atom. The molecular weight excluding hydrogens is 384 g/mol. The number of aliphatic hydroxyl groups is 1. The topological polar surface area (TPSA) is 46.5 Å². The molecule has 0 saturated heterocycles.